The first-order valence-electron chi connectivity index (χ1n) is 7.05. The van der Waals surface area contributed by atoms with Crippen LogP contribution in [0.4, 0.5) is 5.69 Å². The smallest absolute Gasteiger partial charge is 0.264 e. The minimum atomic E-state index is -1.69. The molecule has 4 nitrogen and oxygen atoms in total. The topological polar surface area (TPSA) is 57.6 Å². The second-order valence-electron chi connectivity index (χ2n) is 5.52. The van der Waals surface area contributed by atoms with Crippen LogP contribution < -0.4 is 4.90 Å². The predicted molar refractivity (Wildman–Crippen MR) is 77.6 cm³/mol. The zero-order chi connectivity index (χ0) is 14.9. The van der Waals surface area contributed by atoms with Gasteiger partial charge in [0.25, 0.3) is 5.91 Å². The number of hydrogen-bond donors (Lipinski definition) is 1. The number of Topliss-reactive ketones (excluding diaryl/α,β-unsaturated/α-hetero) is 1. The molecule has 1 N–H and O–H groups in total. The molecular weight excluding hydrogens is 254 g/mol. The molecule has 1 heterocycles. The van der Waals surface area contributed by atoms with E-state index in [1.54, 1.807) is 11.0 Å². The van der Waals surface area contributed by atoms with Crippen molar-refractivity contribution in [2.24, 2.45) is 0 Å². The first-order chi connectivity index (χ1) is 9.41. The Bertz CT molecular complexity index is 553. The van der Waals surface area contributed by atoms with E-state index in [0.717, 1.165) is 24.1 Å². The van der Waals surface area contributed by atoms with Crippen LogP contribution in [-0.2, 0) is 15.2 Å². The molecule has 0 unspecified atom stereocenters. The van der Waals surface area contributed by atoms with E-state index in [2.05, 4.69) is 6.92 Å². The molecule has 1 atom stereocenters. The second kappa shape index (κ2) is 5.37. The van der Waals surface area contributed by atoms with Crippen molar-refractivity contribution in [3.63, 3.8) is 0 Å². The Morgan fingerprint density at radius 3 is 2.70 bits per heavy atom. The van der Waals surface area contributed by atoms with Crippen molar-refractivity contribution in [1.82, 2.24) is 0 Å². The molecule has 108 valence electrons. The van der Waals surface area contributed by atoms with Crippen molar-refractivity contribution in [2.45, 2.75) is 45.6 Å². The molecule has 0 aliphatic carbocycles. The molecule has 1 amide bonds. The maximum absolute atomic E-state index is 12.6. The maximum atomic E-state index is 12.6. The van der Waals surface area contributed by atoms with Gasteiger partial charge in [0.05, 0.1) is 5.69 Å². The number of hydrogen-bond acceptors (Lipinski definition) is 3. The Morgan fingerprint density at radius 1 is 1.40 bits per heavy atom. The average molecular weight is 275 g/mol. The van der Waals surface area contributed by atoms with E-state index in [-0.39, 0.29) is 18.1 Å². The van der Waals surface area contributed by atoms with E-state index in [4.69, 9.17) is 0 Å². The summed E-state index contributed by atoms with van der Waals surface area (Å²) in [6.07, 6.45) is 1.68. The Kier molecular flexibility index (Phi) is 3.95. The second-order valence-corrected chi connectivity index (χ2v) is 5.52. The number of rotatable bonds is 5. The van der Waals surface area contributed by atoms with Crippen LogP contribution in [0, 0.1) is 6.92 Å². The number of nitrogens with zero attached hydrogens (tertiary/aromatic N) is 1. The first kappa shape index (κ1) is 14.7. The number of fused-ring (bicyclic) bond motifs is 1. The lowest BCUT2D eigenvalue weighted by molar-refractivity contribution is -0.141. The number of carbonyl (C=O) groups excluding carboxylic acids is 2. The summed E-state index contributed by atoms with van der Waals surface area (Å²) in [5.74, 6) is -0.559. The maximum Gasteiger partial charge on any atom is 0.264 e. The lowest BCUT2D eigenvalue weighted by Crippen LogP contribution is -2.42. The van der Waals surface area contributed by atoms with Gasteiger partial charge in [-0.2, -0.15) is 0 Å². The Hall–Kier alpha value is -1.68. The van der Waals surface area contributed by atoms with Crippen LogP contribution in [0.1, 0.15) is 44.2 Å². The predicted octanol–water partition coefficient (Wildman–Crippen LogP) is 2.31. The van der Waals surface area contributed by atoms with Gasteiger partial charge in [-0.25, -0.2) is 0 Å². The fourth-order valence-electron chi connectivity index (χ4n) is 2.85. The molecule has 1 aromatic rings. The van der Waals surface area contributed by atoms with E-state index in [1.165, 1.54) is 6.92 Å². The van der Waals surface area contributed by atoms with Gasteiger partial charge in [-0.1, -0.05) is 31.5 Å². The molecule has 0 saturated carbocycles. The van der Waals surface area contributed by atoms with Crippen LogP contribution in [0.15, 0.2) is 18.2 Å². The third kappa shape index (κ3) is 2.24. The molecule has 2 rings (SSSR count). The standard InChI is InChI=1S/C16H21NO3/c1-4-5-9-17-14-11(2)7-6-8-13(14)16(20,15(17)19)10-12(3)18/h6-8,20H,4-5,9-10H2,1-3H3/t16-/m0/s1. The van der Waals surface area contributed by atoms with Gasteiger partial charge < -0.3 is 10.0 Å². The minimum absolute atomic E-state index is 0.162. The third-order valence-corrected chi connectivity index (χ3v) is 3.79. The number of aryl methyl sites for hydroxylation is 1. The summed E-state index contributed by atoms with van der Waals surface area (Å²) < 4.78 is 0. The molecule has 0 fully saturated rings. The molecular formula is C16H21NO3. The number of anilines is 1. The fourth-order valence-corrected chi connectivity index (χ4v) is 2.85. The summed E-state index contributed by atoms with van der Waals surface area (Å²) in [5.41, 5.74) is 0.593. The van der Waals surface area contributed by atoms with E-state index in [9.17, 15) is 14.7 Å². The van der Waals surface area contributed by atoms with Crippen molar-refractivity contribution in [1.29, 1.82) is 0 Å². The van der Waals surface area contributed by atoms with Crippen molar-refractivity contribution in [3.8, 4) is 0 Å². The van der Waals surface area contributed by atoms with Gasteiger partial charge >= 0.3 is 0 Å². The van der Waals surface area contributed by atoms with Crippen LogP contribution in [0.25, 0.3) is 0 Å². The SMILES string of the molecule is CCCCN1C(=O)[C@](O)(CC(C)=O)c2cccc(C)c21. The summed E-state index contributed by atoms with van der Waals surface area (Å²) in [7, 11) is 0. The van der Waals surface area contributed by atoms with Crippen molar-refractivity contribution in [3.05, 3.63) is 29.3 Å². The van der Waals surface area contributed by atoms with Gasteiger partial charge in [0.2, 0.25) is 0 Å². The molecule has 20 heavy (non-hydrogen) atoms. The van der Waals surface area contributed by atoms with Gasteiger partial charge in [0.1, 0.15) is 5.78 Å². The minimum Gasteiger partial charge on any atom is -0.375 e. The largest absolute Gasteiger partial charge is 0.375 e. The zero-order valence-electron chi connectivity index (χ0n) is 12.3. The molecule has 0 spiro atoms. The highest BCUT2D eigenvalue weighted by Gasteiger charge is 2.50. The van der Waals surface area contributed by atoms with Gasteiger partial charge in [-0.05, 0) is 25.8 Å². The molecule has 0 radical (unpaired) electrons. The van der Waals surface area contributed by atoms with Gasteiger partial charge in [-0.15, -0.1) is 0 Å². The van der Waals surface area contributed by atoms with Gasteiger partial charge in [0, 0.05) is 18.5 Å². The highest BCUT2D eigenvalue weighted by atomic mass is 16.3. The van der Waals surface area contributed by atoms with Crippen LogP contribution in [0.5, 0.6) is 0 Å². The Labute approximate surface area is 119 Å². The van der Waals surface area contributed by atoms with E-state index in [1.807, 2.05) is 19.1 Å². The monoisotopic (exact) mass is 275 g/mol. The molecule has 4 heteroatoms. The van der Waals surface area contributed by atoms with Crippen LogP contribution in [0.3, 0.4) is 0 Å². The van der Waals surface area contributed by atoms with Gasteiger partial charge in [-0.3, -0.25) is 9.59 Å². The molecule has 1 aromatic carbocycles. The highest BCUT2D eigenvalue weighted by Crippen LogP contribution is 2.44. The summed E-state index contributed by atoms with van der Waals surface area (Å²) >= 11 is 0. The van der Waals surface area contributed by atoms with Crippen LogP contribution >= 0.6 is 0 Å². The lowest BCUT2D eigenvalue weighted by Gasteiger charge is -2.22. The average Bonchev–Trinajstić information content (AvgIpc) is 2.58. The normalized spacial score (nSPS) is 21.2. The van der Waals surface area contributed by atoms with Crippen molar-refractivity contribution >= 4 is 17.4 Å². The number of carbonyl (C=O) groups is 2. The fraction of sp³-hybridized carbons (Fsp3) is 0.500. The number of ketones is 1. The Morgan fingerprint density at radius 2 is 2.10 bits per heavy atom. The first-order valence-corrected chi connectivity index (χ1v) is 7.05. The highest BCUT2D eigenvalue weighted by molar-refractivity contribution is 6.09. The summed E-state index contributed by atoms with van der Waals surface area (Å²) in [6, 6.07) is 5.48. The number of aliphatic hydroxyl groups is 1. The summed E-state index contributed by atoms with van der Waals surface area (Å²) in [5, 5.41) is 10.8. The molecule has 1 aliphatic rings. The van der Waals surface area contributed by atoms with Crippen LogP contribution in [-0.4, -0.2) is 23.3 Å². The van der Waals surface area contributed by atoms with Crippen molar-refractivity contribution < 1.29 is 14.7 Å². The Balaban J connectivity index is 2.52. The summed E-state index contributed by atoms with van der Waals surface area (Å²) in [4.78, 5) is 25.7. The van der Waals surface area contributed by atoms with E-state index >= 15 is 0 Å². The molecule has 0 saturated heterocycles. The van der Waals surface area contributed by atoms with Crippen LogP contribution in [0.2, 0.25) is 0 Å². The number of benzene rings is 1. The van der Waals surface area contributed by atoms with E-state index in [0.29, 0.717) is 12.1 Å². The molecule has 0 aromatic heterocycles. The molecule has 1 aliphatic heterocycles. The summed E-state index contributed by atoms with van der Waals surface area (Å²) in [6.45, 7) is 5.95. The van der Waals surface area contributed by atoms with Gasteiger partial charge in [0.15, 0.2) is 5.60 Å². The number of para-hydroxylation sites is 1. The lowest BCUT2D eigenvalue weighted by atomic mass is 9.89. The quantitative estimate of drug-likeness (QED) is 0.897. The zero-order valence-corrected chi connectivity index (χ0v) is 12.3. The van der Waals surface area contributed by atoms with Crippen molar-refractivity contribution in [2.75, 3.05) is 11.4 Å². The van der Waals surface area contributed by atoms with E-state index < -0.39 is 5.60 Å². The third-order valence-electron chi connectivity index (χ3n) is 3.79. The number of unbranched alkanes of at least 4 members (excludes halogenated alkanes) is 1. The number of amides is 1. The molecule has 0 bridgehead atoms.